The van der Waals surface area contributed by atoms with Gasteiger partial charge in [-0.1, -0.05) is 41.3 Å². The molecular weight excluding hydrogens is 340 g/mol. The van der Waals surface area contributed by atoms with Gasteiger partial charge in [-0.3, -0.25) is 4.98 Å². The van der Waals surface area contributed by atoms with Crippen molar-refractivity contribution in [1.82, 2.24) is 4.98 Å². The molecule has 0 bridgehead atoms. The highest BCUT2D eigenvalue weighted by Crippen LogP contribution is 2.24. The van der Waals surface area contributed by atoms with E-state index in [9.17, 15) is 5.21 Å². The number of hydrogen-bond acceptors (Lipinski definition) is 5. The summed E-state index contributed by atoms with van der Waals surface area (Å²) in [6, 6.07) is 17.0. The maximum Gasteiger partial charge on any atom is 0.155 e. The van der Waals surface area contributed by atoms with Gasteiger partial charge in [0, 0.05) is 35.0 Å². The predicted molar refractivity (Wildman–Crippen MR) is 103 cm³/mol. The number of hydrogen-bond donors (Lipinski definition) is 2. The molecular formula is C22H16N2O3. The minimum atomic E-state index is 0.0241. The molecule has 2 aromatic heterocycles. The Balaban J connectivity index is 1.88. The maximum atomic E-state index is 9.43. The van der Waals surface area contributed by atoms with Gasteiger partial charge in [0.25, 0.3) is 0 Å². The van der Waals surface area contributed by atoms with Crippen LogP contribution in [0.4, 0.5) is 0 Å². The lowest BCUT2D eigenvalue weighted by Gasteiger charge is -2.05. The predicted octanol–water partition coefficient (Wildman–Crippen LogP) is 3.67. The van der Waals surface area contributed by atoms with Crippen molar-refractivity contribution in [2.75, 3.05) is 6.61 Å². The van der Waals surface area contributed by atoms with Crippen LogP contribution < -0.4 is 5.36 Å². The van der Waals surface area contributed by atoms with Gasteiger partial charge in [0.2, 0.25) is 0 Å². The van der Waals surface area contributed by atoms with Crippen molar-refractivity contribution in [1.29, 1.82) is 0 Å². The molecule has 132 valence electrons. The van der Waals surface area contributed by atoms with Crippen LogP contribution in [0.5, 0.6) is 0 Å². The van der Waals surface area contributed by atoms with E-state index in [-0.39, 0.29) is 6.61 Å². The first-order valence-corrected chi connectivity index (χ1v) is 8.49. The first-order valence-electron chi connectivity index (χ1n) is 8.49. The van der Waals surface area contributed by atoms with Crippen LogP contribution >= 0.6 is 0 Å². The summed E-state index contributed by atoms with van der Waals surface area (Å²) < 4.78 is 6.04. The van der Waals surface area contributed by atoms with Gasteiger partial charge >= 0.3 is 0 Å². The average molecular weight is 356 g/mol. The molecule has 5 nitrogen and oxygen atoms in total. The highest BCUT2D eigenvalue weighted by atomic mass is 16.4. The second kappa shape index (κ2) is 7.32. The summed E-state index contributed by atoms with van der Waals surface area (Å²) in [6.45, 7) is 0.0241. The summed E-state index contributed by atoms with van der Waals surface area (Å²) >= 11 is 0. The Hall–Kier alpha value is -3.62. The van der Waals surface area contributed by atoms with Crippen molar-refractivity contribution in [3.63, 3.8) is 0 Å². The summed E-state index contributed by atoms with van der Waals surface area (Å²) in [5.74, 6) is 6.37. The molecule has 0 saturated carbocycles. The number of aliphatic hydroxyl groups excluding tert-OH is 1. The fourth-order valence-electron chi connectivity index (χ4n) is 2.89. The van der Waals surface area contributed by atoms with E-state index in [1.54, 1.807) is 24.4 Å². The summed E-state index contributed by atoms with van der Waals surface area (Å²) in [7, 11) is 0. The third-order valence-electron chi connectivity index (χ3n) is 4.21. The summed E-state index contributed by atoms with van der Waals surface area (Å²) in [5, 5.41) is 24.8. The van der Waals surface area contributed by atoms with Crippen molar-refractivity contribution >= 4 is 21.7 Å². The molecule has 4 rings (SSSR count). The minimum Gasteiger partial charge on any atom is -0.454 e. The van der Waals surface area contributed by atoms with Crippen molar-refractivity contribution in [2.45, 2.75) is 6.42 Å². The molecule has 0 fully saturated rings. The summed E-state index contributed by atoms with van der Waals surface area (Å²) in [5.41, 5.74) is 1.95. The third-order valence-corrected chi connectivity index (χ3v) is 4.21. The van der Waals surface area contributed by atoms with E-state index in [1.165, 1.54) is 0 Å². The van der Waals surface area contributed by atoms with Crippen LogP contribution in [0.1, 0.15) is 12.0 Å². The molecule has 4 aromatic rings. The summed E-state index contributed by atoms with van der Waals surface area (Å²) in [4.78, 5) is 4.47. The Morgan fingerprint density at radius 1 is 1.04 bits per heavy atom. The Labute approximate surface area is 155 Å². The number of fused-ring (bicyclic) bond motifs is 2. The van der Waals surface area contributed by atoms with Crippen LogP contribution in [0, 0.1) is 11.8 Å². The number of benzene rings is 2. The topological polar surface area (TPSA) is 78.9 Å². The Kier molecular flexibility index (Phi) is 4.56. The number of rotatable bonds is 2. The van der Waals surface area contributed by atoms with Crippen LogP contribution in [0.2, 0.25) is 0 Å². The molecule has 0 aliphatic heterocycles. The molecule has 0 saturated heterocycles. The zero-order valence-corrected chi connectivity index (χ0v) is 14.4. The second-order valence-corrected chi connectivity index (χ2v) is 6.00. The first-order chi connectivity index (χ1) is 13.3. The first kappa shape index (κ1) is 16.8. The van der Waals surface area contributed by atoms with Gasteiger partial charge in [-0.05, 0) is 29.7 Å². The van der Waals surface area contributed by atoms with Gasteiger partial charge in [-0.25, -0.2) is 0 Å². The smallest absolute Gasteiger partial charge is 0.155 e. The van der Waals surface area contributed by atoms with E-state index in [0.717, 1.165) is 16.3 Å². The molecule has 0 unspecified atom stereocenters. The van der Waals surface area contributed by atoms with Crippen molar-refractivity contribution in [3.8, 4) is 23.3 Å². The highest BCUT2D eigenvalue weighted by molar-refractivity contribution is 5.85. The second-order valence-electron chi connectivity index (χ2n) is 6.00. The van der Waals surface area contributed by atoms with Gasteiger partial charge in [0.05, 0.1) is 6.61 Å². The molecule has 2 N–H and O–H groups in total. The fourth-order valence-corrected chi connectivity index (χ4v) is 2.89. The SMILES string of the molecule is OCCC#Cc1ccc2/c(=N/O)cc(-c3cc4ccccc4cn3)oc2c1. The van der Waals surface area contributed by atoms with E-state index < -0.39 is 0 Å². The molecule has 2 aromatic carbocycles. The van der Waals surface area contributed by atoms with Gasteiger partial charge in [0.1, 0.15) is 16.6 Å². The van der Waals surface area contributed by atoms with Crippen LogP contribution in [-0.2, 0) is 0 Å². The molecule has 2 heterocycles. The molecule has 0 amide bonds. The number of aromatic nitrogens is 1. The van der Waals surface area contributed by atoms with Crippen molar-refractivity contribution in [3.05, 3.63) is 71.7 Å². The van der Waals surface area contributed by atoms with E-state index in [1.807, 2.05) is 36.4 Å². The number of aliphatic hydroxyl groups is 1. The van der Waals surface area contributed by atoms with Gasteiger partial charge in [0.15, 0.2) is 5.76 Å². The molecule has 27 heavy (non-hydrogen) atoms. The molecule has 0 aliphatic rings. The summed E-state index contributed by atoms with van der Waals surface area (Å²) in [6.07, 6.45) is 2.20. The quantitative estimate of drug-likeness (QED) is 0.326. The largest absolute Gasteiger partial charge is 0.454 e. The molecule has 0 atom stereocenters. The lowest BCUT2D eigenvalue weighted by atomic mass is 10.1. The lowest BCUT2D eigenvalue weighted by Crippen LogP contribution is -2.04. The minimum absolute atomic E-state index is 0.0241. The lowest BCUT2D eigenvalue weighted by molar-refractivity contribution is 0.302. The molecule has 0 spiro atoms. The van der Waals surface area contributed by atoms with Crippen LogP contribution in [0.25, 0.3) is 33.2 Å². The van der Waals surface area contributed by atoms with Crippen molar-refractivity contribution < 1.29 is 14.7 Å². The van der Waals surface area contributed by atoms with Gasteiger partial charge in [-0.2, -0.15) is 0 Å². The molecule has 0 aliphatic carbocycles. The standard InChI is InChI=1S/C22H16N2O3/c25-10-4-3-5-15-8-9-18-19(24-26)13-22(27-21(18)11-15)20-12-16-6-1-2-7-17(16)14-23-20/h1-2,6-9,11-14,25-26H,4,10H2/b24-19+. The van der Waals surface area contributed by atoms with Crippen LogP contribution in [-0.4, -0.2) is 21.9 Å². The zero-order valence-electron chi connectivity index (χ0n) is 14.4. The maximum absolute atomic E-state index is 9.43. The Bertz CT molecular complexity index is 1260. The number of pyridine rings is 1. The monoisotopic (exact) mass is 356 g/mol. The third kappa shape index (κ3) is 3.39. The van der Waals surface area contributed by atoms with Crippen molar-refractivity contribution in [2.24, 2.45) is 5.16 Å². The Morgan fingerprint density at radius 3 is 2.70 bits per heavy atom. The Morgan fingerprint density at radius 2 is 1.89 bits per heavy atom. The van der Waals surface area contributed by atoms with Gasteiger partial charge in [-0.15, -0.1) is 0 Å². The van der Waals surface area contributed by atoms with E-state index in [4.69, 9.17) is 9.52 Å². The fraction of sp³-hybridized carbons (Fsp3) is 0.0909. The van der Waals surface area contributed by atoms with Crippen LogP contribution in [0.15, 0.2) is 70.4 Å². The van der Waals surface area contributed by atoms with E-state index in [2.05, 4.69) is 22.0 Å². The van der Waals surface area contributed by atoms with E-state index in [0.29, 0.717) is 34.2 Å². The van der Waals surface area contributed by atoms with Crippen LogP contribution in [0.3, 0.4) is 0 Å². The van der Waals surface area contributed by atoms with Gasteiger partial charge < -0.3 is 14.7 Å². The number of nitrogens with zero attached hydrogens (tertiary/aromatic N) is 2. The molecule has 0 radical (unpaired) electrons. The zero-order chi connectivity index (χ0) is 18.6. The van der Waals surface area contributed by atoms with E-state index >= 15 is 0 Å². The normalized spacial score (nSPS) is 11.5. The molecule has 5 heteroatoms. The average Bonchev–Trinajstić information content (AvgIpc) is 2.72. The highest BCUT2D eigenvalue weighted by Gasteiger charge is 2.09.